The van der Waals surface area contributed by atoms with Gasteiger partial charge in [0.1, 0.15) is 5.82 Å². The van der Waals surface area contributed by atoms with Crippen LogP contribution in [0.4, 0.5) is 4.39 Å². The van der Waals surface area contributed by atoms with Crippen LogP contribution in [0.1, 0.15) is 5.56 Å². The van der Waals surface area contributed by atoms with Crippen molar-refractivity contribution in [3.63, 3.8) is 0 Å². The summed E-state index contributed by atoms with van der Waals surface area (Å²) >= 11 is 0. The van der Waals surface area contributed by atoms with Crippen LogP contribution in [0.15, 0.2) is 24.3 Å². The van der Waals surface area contributed by atoms with Crippen LogP contribution in [0.2, 0.25) is 0 Å². The lowest BCUT2D eigenvalue weighted by atomic mass is 10.2. The van der Waals surface area contributed by atoms with E-state index in [-0.39, 0.29) is 5.82 Å². The third-order valence-electron chi connectivity index (χ3n) is 1.32. The van der Waals surface area contributed by atoms with Crippen molar-refractivity contribution in [2.45, 2.75) is 6.54 Å². The second-order valence-electron chi connectivity index (χ2n) is 2.44. The van der Waals surface area contributed by atoms with E-state index in [0.717, 1.165) is 10.6 Å². The summed E-state index contributed by atoms with van der Waals surface area (Å²) in [5.74, 6) is -0.255. The Bertz CT molecular complexity index is 220. The van der Waals surface area contributed by atoms with Crippen LogP contribution in [-0.2, 0) is 6.54 Å². The van der Waals surface area contributed by atoms with E-state index in [2.05, 4.69) is 0 Å². The highest BCUT2D eigenvalue weighted by atomic mass is 19.1. The summed E-state index contributed by atoms with van der Waals surface area (Å²) < 4.78 is 12.3. The summed E-state index contributed by atoms with van der Waals surface area (Å²) in [4.78, 5) is 0. The molecule has 0 aliphatic carbocycles. The molecule has 0 amide bonds. The SMILES string of the molecule is CN(O)Cc1ccc(F)cc1. The van der Waals surface area contributed by atoms with Crippen LogP contribution in [0.3, 0.4) is 0 Å². The number of hydrogen-bond acceptors (Lipinski definition) is 2. The van der Waals surface area contributed by atoms with Gasteiger partial charge in [-0.1, -0.05) is 12.1 Å². The first-order chi connectivity index (χ1) is 5.18. The van der Waals surface area contributed by atoms with E-state index in [9.17, 15) is 4.39 Å². The van der Waals surface area contributed by atoms with Gasteiger partial charge in [-0.15, -0.1) is 0 Å². The predicted molar refractivity (Wildman–Crippen MR) is 39.7 cm³/mol. The Hall–Kier alpha value is -0.930. The Kier molecular flexibility index (Phi) is 2.57. The number of benzene rings is 1. The highest BCUT2D eigenvalue weighted by Crippen LogP contribution is 2.03. The standard InChI is InChI=1S/C8H10FNO/c1-10(11)6-7-2-4-8(9)5-3-7/h2-5,11H,6H2,1H3. The van der Waals surface area contributed by atoms with Crippen molar-refractivity contribution in [2.24, 2.45) is 0 Å². The van der Waals surface area contributed by atoms with E-state index in [4.69, 9.17) is 5.21 Å². The van der Waals surface area contributed by atoms with Gasteiger partial charge in [-0.3, -0.25) is 0 Å². The lowest BCUT2D eigenvalue weighted by molar-refractivity contribution is -0.0731. The fourth-order valence-corrected chi connectivity index (χ4v) is 0.854. The largest absolute Gasteiger partial charge is 0.314 e. The minimum absolute atomic E-state index is 0.255. The summed E-state index contributed by atoms with van der Waals surface area (Å²) in [6.45, 7) is 0.417. The number of nitrogens with zero attached hydrogens (tertiary/aromatic N) is 1. The second kappa shape index (κ2) is 3.46. The summed E-state index contributed by atoms with van der Waals surface area (Å²) in [5.41, 5.74) is 0.886. The summed E-state index contributed by atoms with van der Waals surface area (Å²) in [5, 5.41) is 9.86. The number of rotatable bonds is 2. The average Bonchev–Trinajstić information content (AvgIpc) is 1.93. The molecule has 0 aliphatic rings. The minimum atomic E-state index is -0.255. The van der Waals surface area contributed by atoms with Crippen LogP contribution < -0.4 is 0 Å². The molecule has 0 bridgehead atoms. The molecule has 1 rings (SSSR count). The molecular formula is C8H10FNO. The maximum Gasteiger partial charge on any atom is 0.123 e. The first-order valence-electron chi connectivity index (χ1n) is 3.33. The molecule has 0 atom stereocenters. The topological polar surface area (TPSA) is 23.5 Å². The molecule has 0 fully saturated rings. The molecule has 3 heteroatoms. The van der Waals surface area contributed by atoms with E-state index >= 15 is 0 Å². The maximum atomic E-state index is 12.3. The first-order valence-corrected chi connectivity index (χ1v) is 3.33. The predicted octanol–water partition coefficient (Wildman–Crippen LogP) is 1.65. The van der Waals surface area contributed by atoms with Crippen LogP contribution in [0, 0.1) is 5.82 Å². The first kappa shape index (κ1) is 8.17. The zero-order chi connectivity index (χ0) is 8.27. The summed E-state index contributed by atoms with van der Waals surface area (Å²) in [7, 11) is 1.54. The lowest BCUT2D eigenvalue weighted by Gasteiger charge is -2.06. The van der Waals surface area contributed by atoms with Gasteiger partial charge < -0.3 is 5.21 Å². The third-order valence-corrected chi connectivity index (χ3v) is 1.32. The molecular weight excluding hydrogens is 145 g/mol. The van der Waals surface area contributed by atoms with E-state index < -0.39 is 0 Å². The Balaban J connectivity index is 2.66. The number of hydrogen-bond donors (Lipinski definition) is 1. The van der Waals surface area contributed by atoms with Gasteiger partial charge in [-0.25, -0.2) is 4.39 Å². The average molecular weight is 155 g/mol. The smallest absolute Gasteiger partial charge is 0.123 e. The van der Waals surface area contributed by atoms with Gasteiger partial charge >= 0.3 is 0 Å². The Morgan fingerprint density at radius 1 is 1.36 bits per heavy atom. The molecule has 2 nitrogen and oxygen atoms in total. The molecule has 0 aromatic heterocycles. The van der Waals surface area contributed by atoms with Crippen molar-refractivity contribution in [3.05, 3.63) is 35.6 Å². The number of halogens is 1. The van der Waals surface area contributed by atoms with Gasteiger partial charge in [0, 0.05) is 13.6 Å². The van der Waals surface area contributed by atoms with Crippen molar-refractivity contribution < 1.29 is 9.60 Å². The van der Waals surface area contributed by atoms with Crippen LogP contribution in [-0.4, -0.2) is 17.3 Å². The Labute approximate surface area is 64.8 Å². The van der Waals surface area contributed by atoms with Gasteiger partial charge in [0.25, 0.3) is 0 Å². The zero-order valence-electron chi connectivity index (χ0n) is 6.29. The second-order valence-corrected chi connectivity index (χ2v) is 2.44. The molecule has 1 aromatic rings. The monoisotopic (exact) mass is 155 g/mol. The summed E-state index contributed by atoms with van der Waals surface area (Å²) in [6, 6.07) is 6.03. The van der Waals surface area contributed by atoms with E-state index in [1.165, 1.54) is 12.1 Å². The highest BCUT2D eigenvalue weighted by molar-refractivity contribution is 5.15. The van der Waals surface area contributed by atoms with Crippen molar-refractivity contribution in [3.8, 4) is 0 Å². The fourth-order valence-electron chi connectivity index (χ4n) is 0.854. The fraction of sp³-hybridized carbons (Fsp3) is 0.250. The van der Waals surface area contributed by atoms with Crippen molar-refractivity contribution >= 4 is 0 Å². The molecule has 0 spiro atoms. The van der Waals surface area contributed by atoms with Gasteiger partial charge in [-0.05, 0) is 17.7 Å². The molecule has 1 N–H and O–H groups in total. The molecule has 1 aromatic carbocycles. The molecule has 0 radical (unpaired) electrons. The quantitative estimate of drug-likeness (QED) is 0.656. The molecule has 0 aliphatic heterocycles. The van der Waals surface area contributed by atoms with Crippen LogP contribution in [0.5, 0.6) is 0 Å². The Morgan fingerprint density at radius 3 is 2.36 bits per heavy atom. The van der Waals surface area contributed by atoms with Crippen molar-refractivity contribution in [1.82, 2.24) is 5.06 Å². The zero-order valence-corrected chi connectivity index (χ0v) is 6.29. The Morgan fingerprint density at radius 2 is 1.91 bits per heavy atom. The van der Waals surface area contributed by atoms with Gasteiger partial charge in [-0.2, -0.15) is 5.06 Å². The van der Waals surface area contributed by atoms with Crippen molar-refractivity contribution in [2.75, 3.05) is 7.05 Å². The third kappa shape index (κ3) is 2.65. The molecule has 0 unspecified atom stereocenters. The minimum Gasteiger partial charge on any atom is -0.314 e. The van der Waals surface area contributed by atoms with Gasteiger partial charge in [0.05, 0.1) is 0 Å². The van der Waals surface area contributed by atoms with Gasteiger partial charge in [0.15, 0.2) is 0 Å². The molecule has 0 heterocycles. The molecule has 11 heavy (non-hydrogen) atoms. The normalized spacial score (nSPS) is 10.5. The summed E-state index contributed by atoms with van der Waals surface area (Å²) in [6.07, 6.45) is 0. The molecule has 0 saturated heterocycles. The number of hydroxylamine groups is 2. The van der Waals surface area contributed by atoms with E-state index in [1.54, 1.807) is 19.2 Å². The van der Waals surface area contributed by atoms with Crippen LogP contribution >= 0.6 is 0 Å². The van der Waals surface area contributed by atoms with Crippen molar-refractivity contribution in [1.29, 1.82) is 0 Å². The van der Waals surface area contributed by atoms with E-state index in [1.807, 2.05) is 0 Å². The van der Waals surface area contributed by atoms with Gasteiger partial charge in [0.2, 0.25) is 0 Å². The van der Waals surface area contributed by atoms with E-state index in [0.29, 0.717) is 6.54 Å². The highest BCUT2D eigenvalue weighted by Gasteiger charge is 1.95. The molecule has 0 saturated carbocycles. The lowest BCUT2D eigenvalue weighted by Crippen LogP contribution is -2.11. The molecule has 60 valence electrons. The van der Waals surface area contributed by atoms with Crippen LogP contribution in [0.25, 0.3) is 0 Å². The maximum absolute atomic E-state index is 12.3.